The first-order chi connectivity index (χ1) is 10.1. The number of rotatable bonds is 7. The van der Waals surface area contributed by atoms with Crippen molar-refractivity contribution in [3.05, 3.63) is 11.9 Å². The Kier molecular flexibility index (Phi) is 5.50. The van der Waals surface area contributed by atoms with Crippen LogP contribution in [-0.4, -0.2) is 63.2 Å². The fraction of sp³-hybridized carbons (Fsp3) is 0.667. The van der Waals surface area contributed by atoms with Crippen LogP contribution in [0.2, 0.25) is 0 Å². The Hall–Kier alpha value is -2.16. The van der Waals surface area contributed by atoms with Crippen LogP contribution in [0.1, 0.15) is 18.5 Å². The monoisotopic (exact) mass is 296 g/mol. The van der Waals surface area contributed by atoms with E-state index in [2.05, 4.69) is 25.8 Å². The second-order valence-electron chi connectivity index (χ2n) is 4.96. The van der Waals surface area contributed by atoms with Gasteiger partial charge in [-0.05, 0) is 25.9 Å². The lowest BCUT2D eigenvalue weighted by Crippen LogP contribution is -2.39. The van der Waals surface area contributed by atoms with E-state index in [0.717, 1.165) is 19.6 Å². The van der Waals surface area contributed by atoms with Crippen LogP contribution in [0, 0.1) is 0 Å². The molecule has 0 atom stereocenters. The van der Waals surface area contributed by atoms with Crippen molar-refractivity contribution in [3.63, 3.8) is 0 Å². The molecule has 116 valence electrons. The highest BCUT2D eigenvalue weighted by atomic mass is 16.4. The highest BCUT2D eigenvalue weighted by molar-refractivity contribution is 5.73. The molecule has 0 radical (unpaired) electrons. The molecule has 1 saturated heterocycles. The smallest absolute Gasteiger partial charge is 0.325 e. The summed E-state index contributed by atoms with van der Waals surface area (Å²) < 4.78 is 1.21. The predicted octanol–water partition coefficient (Wildman–Crippen LogP) is -0.742. The van der Waals surface area contributed by atoms with Gasteiger partial charge in [0, 0.05) is 13.1 Å². The minimum Gasteiger partial charge on any atom is -0.480 e. The number of aromatic nitrogens is 3. The summed E-state index contributed by atoms with van der Waals surface area (Å²) in [4.78, 5) is 24.4. The molecular formula is C12H20N6O3. The molecule has 21 heavy (non-hydrogen) atoms. The maximum Gasteiger partial charge on any atom is 0.325 e. The topological polar surface area (TPSA) is 112 Å². The summed E-state index contributed by atoms with van der Waals surface area (Å²) in [5.41, 5.74) is 0.519. The fourth-order valence-corrected chi connectivity index (χ4v) is 2.20. The number of carbonyl (C=O) groups is 2. The minimum absolute atomic E-state index is 0.217. The molecule has 0 aromatic carbocycles. The largest absolute Gasteiger partial charge is 0.480 e. The van der Waals surface area contributed by atoms with E-state index < -0.39 is 5.97 Å². The van der Waals surface area contributed by atoms with E-state index in [1.54, 1.807) is 0 Å². The summed E-state index contributed by atoms with van der Waals surface area (Å²) in [6.07, 6.45) is 3.97. The van der Waals surface area contributed by atoms with Crippen LogP contribution < -0.4 is 10.6 Å². The van der Waals surface area contributed by atoms with Crippen molar-refractivity contribution in [2.45, 2.75) is 25.9 Å². The van der Waals surface area contributed by atoms with Crippen molar-refractivity contribution in [1.82, 2.24) is 30.5 Å². The summed E-state index contributed by atoms with van der Waals surface area (Å²) in [6.45, 7) is 3.66. The van der Waals surface area contributed by atoms with Gasteiger partial charge < -0.3 is 20.6 Å². The quantitative estimate of drug-likeness (QED) is 0.611. The molecule has 0 bridgehead atoms. The molecule has 1 fully saturated rings. The summed E-state index contributed by atoms with van der Waals surface area (Å²) in [5.74, 6) is -0.987. The van der Waals surface area contributed by atoms with Gasteiger partial charge in [-0.3, -0.25) is 4.79 Å². The maximum atomic E-state index is 11.6. The third-order valence-corrected chi connectivity index (χ3v) is 3.23. The number of carbonyl (C=O) groups excluding carboxylic acids is 1. The van der Waals surface area contributed by atoms with Crippen molar-refractivity contribution in [1.29, 1.82) is 0 Å². The van der Waals surface area contributed by atoms with Gasteiger partial charge in [0.15, 0.2) is 0 Å². The van der Waals surface area contributed by atoms with Gasteiger partial charge in [-0.15, -0.1) is 5.10 Å². The van der Waals surface area contributed by atoms with E-state index in [9.17, 15) is 9.59 Å². The first-order valence-corrected chi connectivity index (χ1v) is 6.98. The lowest BCUT2D eigenvalue weighted by atomic mass is 10.4. The van der Waals surface area contributed by atoms with Gasteiger partial charge in [0.25, 0.3) is 0 Å². The summed E-state index contributed by atoms with van der Waals surface area (Å²) in [6, 6.07) is -0.262. The second-order valence-corrected chi connectivity index (χ2v) is 4.96. The van der Waals surface area contributed by atoms with Crippen molar-refractivity contribution in [2.24, 2.45) is 0 Å². The molecular weight excluding hydrogens is 276 g/mol. The van der Waals surface area contributed by atoms with Crippen LogP contribution in [0.3, 0.4) is 0 Å². The zero-order valence-corrected chi connectivity index (χ0v) is 11.8. The number of hydrogen-bond acceptors (Lipinski definition) is 5. The lowest BCUT2D eigenvalue weighted by Gasteiger charge is -2.14. The number of nitrogens with zero attached hydrogens (tertiary/aromatic N) is 4. The number of carboxylic acid groups (broad SMARTS) is 1. The molecule has 2 heterocycles. The number of hydrogen-bond donors (Lipinski definition) is 3. The predicted molar refractivity (Wildman–Crippen MR) is 73.6 cm³/mol. The van der Waals surface area contributed by atoms with E-state index in [4.69, 9.17) is 5.11 Å². The number of amides is 2. The molecule has 0 aliphatic carbocycles. The van der Waals surface area contributed by atoms with Crippen LogP contribution >= 0.6 is 0 Å². The Morgan fingerprint density at radius 2 is 2.05 bits per heavy atom. The van der Waals surface area contributed by atoms with Crippen LogP contribution in [-0.2, 0) is 17.9 Å². The van der Waals surface area contributed by atoms with Gasteiger partial charge in [0.1, 0.15) is 12.2 Å². The maximum absolute atomic E-state index is 11.6. The Morgan fingerprint density at radius 1 is 1.29 bits per heavy atom. The second kappa shape index (κ2) is 7.58. The molecule has 0 saturated carbocycles. The number of nitrogens with one attached hydrogen (secondary N) is 2. The zero-order valence-electron chi connectivity index (χ0n) is 11.8. The first-order valence-electron chi connectivity index (χ1n) is 6.98. The van der Waals surface area contributed by atoms with Gasteiger partial charge in [-0.25, -0.2) is 9.48 Å². The molecule has 1 aliphatic rings. The van der Waals surface area contributed by atoms with Gasteiger partial charge in [-0.2, -0.15) is 0 Å². The Labute approximate surface area is 122 Å². The average Bonchev–Trinajstić information content (AvgIpc) is 3.07. The number of aliphatic carboxylic acids is 1. The van der Waals surface area contributed by atoms with Crippen molar-refractivity contribution >= 4 is 12.0 Å². The molecule has 0 unspecified atom stereocenters. The standard InChI is InChI=1S/C12H20N6O3/c19-11(20)9-18-8-10(15-16-18)7-14-12(21)13-3-6-17-4-1-2-5-17/h8H,1-7,9H2,(H,19,20)(H2,13,14,21). The number of carboxylic acids is 1. The molecule has 9 heteroatoms. The van der Waals surface area contributed by atoms with Crippen LogP contribution in [0.4, 0.5) is 4.79 Å². The fourth-order valence-electron chi connectivity index (χ4n) is 2.20. The van der Waals surface area contributed by atoms with Crippen molar-refractivity contribution in [2.75, 3.05) is 26.2 Å². The molecule has 1 aliphatic heterocycles. The number of likely N-dealkylation sites (tertiary alicyclic amines) is 1. The normalized spacial score (nSPS) is 15.0. The van der Waals surface area contributed by atoms with Crippen LogP contribution in [0.25, 0.3) is 0 Å². The number of urea groups is 1. The molecule has 9 nitrogen and oxygen atoms in total. The summed E-state index contributed by atoms with van der Waals surface area (Å²) in [7, 11) is 0. The van der Waals surface area contributed by atoms with Crippen molar-refractivity contribution in [3.8, 4) is 0 Å². The first kappa shape index (κ1) is 15.2. The van der Waals surface area contributed by atoms with E-state index in [-0.39, 0.29) is 19.1 Å². The zero-order chi connectivity index (χ0) is 15.1. The van der Waals surface area contributed by atoms with Gasteiger partial charge >= 0.3 is 12.0 Å². The Balaban J connectivity index is 1.61. The van der Waals surface area contributed by atoms with E-state index >= 15 is 0 Å². The molecule has 1 aromatic rings. The van der Waals surface area contributed by atoms with Gasteiger partial charge in [0.05, 0.1) is 12.7 Å². The molecule has 3 N–H and O–H groups in total. The minimum atomic E-state index is -0.987. The summed E-state index contributed by atoms with van der Waals surface area (Å²) >= 11 is 0. The summed E-state index contributed by atoms with van der Waals surface area (Å²) in [5, 5.41) is 21.5. The van der Waals surface area contributed by atoms with Gasteiger partial charge in [0.2, 0.25) is 0 Å². The van der Waals surface area contributed by atoms with E-state index in [1.807, 2.05) is 0 Å². The highest BCUT2D eigenvalue weighted by Gasteiger charge is 2.11. The third-order valence-electron chi connectivity index (χ3n) is 3.23. The molecule has 0 spiro atoms. The van der Waals surface area contributed by atoms with Gasteiger partial charge in [-0.1, -0.05) is 5.21 Å². The van der Waals surface area contributed by atoms with Crippen molar-refractivity contribution < 1.29 is 14.7 Å². The molecule has 2 rings (SSSR count). The van der Waals surface area contributed by atoms with E-state index in [0.29, 0.717) is 12.2 Å². The highest BCUT2D eigenvalue weighted by Crippen LogP contribution is 2.05. The Bertz CT molecular complexity index is 483. The molecule has 2 amide bonds. The van der Waals surface area contributed by atoms with Crippen LogP contribution in [0.5, 0.6) is 0 Å². The third kappa shape index (κ3) is 5.38. The molecule has 1 aromatic heterocycles. The average molecular weight is 296 g/mol. The lowest BCUT2D eigenvalue weighted by molar-refractivity contribution is -0.137. The van der Waals surface area contributed by atoms with E-state index in [1.165, 1.54) is 23.7 Å². The Morgan fingerprint density at radius 3 is 2.76 bits per heavy atom. The van der Waals surface area contributed by atoms with Crippen LogP contribution in [0.15, 0.2) is 6.20 Å². The SMILES string of the molecule is O=C(O)Cn1cc(CNC(=O)NCCN2CCCC2)nn1.